The highest BCUT2D eigenvalue weighted by molar-refractivity contribution is 5.95. The lowest BCUT2D eigenvalue weighted by atomic mass is 10.2. The van der Waals surface area contributed by atoms with Gasteiger partial charge in [-0.1, -0.05) is 12.1 Å². The molecule has 0 bridgehead atoms. The van der Waals surface area contributed by atoms with Crippen LogP contribution in [-0.4, -0.2) is 31.9 Å². The lowest BCUT2D eigenvalue weighted by Crippen LogP contribution is -2.30. The Morgan fingerprint density at radius 2 is 1.69 bits per heavy atom. The standard InChI is InChI=1S/C18H18F3NO4/c1-12(26-14-9-7-13(24-2)8-10-14)17(23)22-15-5-3-4-6-16(15)25-11-18(19,20)21/h3-10,12H,11H2,1-2H3,(H,22,23). The molecule has 0 saturated carbocycles. The smallest absolute Gasteiger partial charge is 0.422 e. The van der Waals surface area contributed by atoms with E-state index in [1.807, 2.05) is 0 Å². The molecule has 8 heteroatoms. The zero-order valence-electron chi connectivity index (χ0n) is 14.2. The number of methoxy groups -OCH3 is 1. The minimum absolute atomic E-state index is 0.0742. The molecule has 5 nitrogen and oxygen atoms in total. The Kier molecular flexibility index (Phi) is 6.32. The van der Waals surface area contributed by atoms with E-state index in [0.717, 1.165) is 0 Å². The lowest BCUT2D eigenvalue weighted by Gasteiger charge is -2.17. The first-order chi connectivity index (χ1) is 12.3. The third kappa shape index (κ3) is 5.87. The molecule has 1 atom stereocenters. The van der Waals surface area contributed by atoms with E-state index in [-0.39, 0.29) is 11.4 Å². The molecule has 26 heavy (non-hydrogen) atoms. The van der Waals surface area contributed by atoms with E-state index < -0.39 is 24.8 Å². The van der Waals surface area contributed by atoms with E-state index in [1.54, 1.807) is 30.3 Å². The molecule has 0 saturated heterocycles. The molecule has 140 valence electrons. The highest BCUT2D eigenvalue weighted by atomic mass is 19.4. The number of para-hydroxylation sites is 2. The van der Waals surface area contributed by atoms with E-state index in [2.05, 4.69) is 5.32 Å². The van der Waals surface area contributed by atoms with Crippen molar-refractivity contribution in [3.8, 4) is 17.2 Å². The molecule has 0 spiro atoms. The van der Waals surface area contributed by atoms with Crippen molar-refractivity contribution in [2.75, 3.05) is 19.0 Å². The van der Waals surface area contributed by atoms with E-state index in [1.165, 1.54) is 32.2 Å². The summed E-state index contributed by atoms with van der Waals surface area (Å²) in [5, 5.41) is 2.51. The van der Waals surface area contributed by atoms with Gasteiger partial charge < -0.3 is 19.5 Å². The first kappa shape index (κ1) is 19.4. The second-order valence-corrected chi connectivity index (χ2v) is 5.32. The monoisotopic (exact) mass is 369 g/mol. The Morgan fingerprint density at radius 3 is 2.31 bits per heavy atom. The Hall–Kier alpha value is -2.90. The van der Waals surface area contributed by atoms with Crippen LogP contribution in [-0.2, 0) is 4.79 Å². The molecule has 0 aliphatic carbocycles. The van der Waals surface area contributed by atoms with Crippen molar-refractivity contribution in [1.29, 1.82) is 0 Å². The predicted molar refractivity (Wildman–Crippen MR) is 89.7 cm³/mol. The van der Waals surface area contributed by atoms with Crippen LogP contribution in [0.3, 0.4) is 0 Å². The van der Waals surface area contributed by atoms with Crippen LogP contribution >= 0.6 is 0 Å². The van der Waals surface area contributed by atoms with Gasteiger partial charge >= 0.3 is 6.18 Å². The van der Waals surface area contributed by atoms with Crippen LogP contribution < -0.4 is 19.5 Å². The number of hydrogen-bond acceptors (Lipinski definition) is 4. The van der Waals surface area contributed by atoms with Gasteiger partial charge in [-0.25, -0.2) is 0 Å². The fourth-order valence-electron chi connectivity index (χ4n) is 2.00. The van der Waals surface area contributed by atoms with E-state index >= 15 is 0 Å². The average molecular weight is 369 g/mol. The molecule has 0 aliphatic heterocycles. The van der Waals surface area contributed by atoms with Crippen LogP contribution in [0.5, 0.6) is 17.2 Å². The van der Waals surface area contributed by atoms with Crippen LogP contribution in [0.2, 0.25) is 0 Å². The maximum absolute atomic E-state index is 12.3. The van der Waals surface area contributed by atoms with Crippen molar-refractivity contribution in [2.45, 2.75) is 19.2 Å². The Bertz CT molecular complexity index is 732. The molecule has 0 aliphatic rings. The van der Waals surface area contributed by atoms with Gasteiger partial charge in [0.1, 0.15) is 17.2 Å². The third-order valence-corrected chi connectivity index (χ3v) is 3.28. The SMILES string of the molecule is COc1ccc(OC(C)C(=O)Nc2ccccc2OCC(F)(F)F)cc1. The number of nitrogens with one attached hydrogen (secondary N) is 1. The van der Waals surface area contributed by atoms with Crippen LogP contribution in [0, 0.1) is 0 Å². The molecular weight excluding hydrogens is 351 g/mol. The summed E-state index contributed by atoms with van der Waals surface area (Å²) >= 11 is 0. The van der Waals surface area contributed by atoms with Gasteiger partial charge in [-0.3, -0.25) is 4.79 Å². The summed E-state index contributed by atoms with van der Waals surface area (Å²) in [7, 11) is 1.53. The van der Waals surface area contributed by atoms with Crippen LogP contribution in [0.15, 0.2) is 48.5 Å². The van der Waals surface area contributed by atoms with E-state index in [0.29, 0.717) is 11.5 Å². The number of carbonyl (C=O) groups is 1. The molecule has 2 aromatic rings. The average Bonchev–Trinajstić information content (AvgIpc) is 2.61. The summed E-state index contributed by atoms with van der Waals surface area (Å²) in [5.41, 5.74) is 0.131. The largest absolute Gasteiger partial charge is 0.497 e. The number of benzene rings is 2. The number of rotatable bonds is 7. The summed E-state index contributed by atoms with van der Waals surface area (Å²) in [5.74, 6) is 0.499. The van der Waals surface area contributed by atoms with Crippen molar-refractivity contribution in [2.24, 2.45) is 0 Å². The van der Waals surface area contributed by atoms with Crippen molar-refractivity contribution >= 4 is 11.6 Å². The number of ether oxygens (including phenoxy) is 3. The maximum Gasteiger partial charge on any atom is 0.422 e. The first-order valence-corrected chi connectivity index (χ1v) is 7.68. The van der Waals surface area contributed by atoms with Gasteiger partial charge in [0.15, 0.2) is 12.7 Å². The normalized spacial score (nSPS) is 12.2. The molecule has 1 unspecified atom stereocenters. The molecule has 2 aromatic carbocycles. The number of halogens is 3. The quantitative estimate of drug-likeness (QED) is 0.800. The summed E-state index contributed by atoms with van der Waals surface area (Å²) in [6.07, 6.45) is -5.35. The van der Waals surface area contributed by atoms with Gasteiger partial charge in [-0.15, -0.1) is 0 Å². The predicted octanol–water partition coefficient (Wildman–Crippen LogP) is 4.04. The zero-order valence-corrected chi connectivity index (χ0v) is 14.2. The van der Waals surface area contributed by atoms with Gasteiger partial charge in [0.25, 0.3) is 5.91 Å². The Balaban J connectivity index is 1.99. The molecule has 0 aromatic heterocycles. The topological polar surface area (TPSA) is 56.8 Å². The first-order valence-electron chi connectivity index (χ1n) is 7.68. The minimum atomic E-state index is -4.47. The van der Waals surface area contributed by atoms with Crippen LogP contribution in [0.1, 0.15) is 6.92 Å². The van der Waals surface area contributed by atoms with Crippen molar-refractivity contribution < 1.29 is 32.2 Å². The van der Waals surface area contributed by atoms with Crippen molar-refractivity contribution in [1.82, 2.24) is 0 Å². The number of alkyl halides is 3. The van der Waals surface area contributed by atoms with Crippen molar-refractivity contribution in [3.63, 3.8) is 0 Å². The third-order valence-electron chi connectivity index (χ3n) is 3.28. The van der Waals surface area contributed by atoms with Crippen molar-refractivity contribution in [3.05, 3.63) is 48.5 Å². The molecule has 0 radical (unpaired) electrons. The molecule has 1 amide bonds. The Labute approximate surface area is 148 Å². The van der Waals surface area contributed by atoms with Gasteiger partial charge in [0.05, 0.1) is 12.8 Å². The molecule has 0 fully saturated rings. The van der Waals surface area contributed by atoms with E-state index in [4.69, 9.17) is 14.2 Å². The molecular formula is C18H18F3NO4. The fourth-order valence-corrected chi connectivity index (χ4v) is 2.00. The summed E-state index contributed by atoms with van der Waals surface area (Å²) in [6.45, 7) is 0.0799. The zero-order chi connectivity index (χ0) is 19.2. The number of hydrogen-bond donors (Lipinski definition) is 1. The molecule has 2 rings (SSSR count). The van der Waals surface area contributed by atoms with E-state index in [9.17, 15) is 18.0 Å². The number of amides is 1. The van der Waals surface area contributed by atoms with Crippen LogP contribution in [0.4, 0.5) is 18.9 Å². The molecule has 0 heterocycles. The summed E-state index contributed by atoms with van der Waals surface area (Å²) in [4.78, 5) is 12.3. The van der Waals surface area contributed by atoms with Gasteiger partial charge in [0, 0.05) is 0 Å². The maximum atomic E-state index is 12.3. The lowest BCUT2D eigenvalue weighted by molar-refractivity contribution is -0.153. The highest BCUT2D eigenvalue weighted by Gasteiger charge is 2.29. The minimum Gasteiger partial charge on any atom is -0.497 e. The van der Waals surface area contributed by atoms with Gasteiger partial charge in [0.2, 0.25) is 0 Å². The molecule has 1 N–H and O–H groups in total. The second kappa shape index (κ2) is 8.46. The van der Waals surface area contributed by atoms with Crippen LogP contribution in [0.25, 0.3) is 0 Å². The Morgan fingerprint density at radius 1 is 1.08 bits per heavy atom. The number of carbonyl (C=O) groups excluding carboxylic acids is 1. The summed E-state index contributed by atoms with van der Waals surface area (Å²) in [6, 6.07) is 12.5. The fraction of sp³-hybridized carbons (Fsp3) is 0.278. The second-order valence-electron chi connectivity index (χ2n) is 5.32. The van der Waals surface area contributed by atoms with Gasteiger partial charge in [-0.2, -0.15) is 13.2 Å². The highest BCUT2D eigenvalue weighted by Crippen LogP contribution is 2.27. The van der Waals surface area contributed by atoms with Gasteiger partial charge in [-0.05, 0) is 43.3 Å². The summed E-state index contributed by atoms with van der Waals surface area (Å²) < 4.78 is 52.2. The number of anilines is 1.